The van der Waals surface area contributed by atoms with Gasteiger partial charge in [-0.15, -0.1) is 0 Å². The number of aryl methyl sites for hydroxylation is 3. The van der Waals surface area contributed by atoms with Crippen molar-refractivity contribution in [3.05, 3.63) is 34.4 Å². The second kappa shape index (κ2) is 8.46. The van der Waals surface area contributed by atoms with Crippen molar-refractivity contribution in [1.29, 1.82) is 0 Å². The van der Waals surface area contributed by atoms with E-state index in [1.54, 1.807) is 0 Å². The summed E-state index contributed by atoms with van der Waals surface area (Å²) in [6, 6.07) is 5.71. The van der Waals surface area contributed by atoms with E-state index in [1.165, 1.54) is 54.4 Å². The Bertz CT molecular complexity index is 408. The van der Waals surface area contributed by atoms with E-state index in [2.05, 4.69) is 59.0 Å². The Hall–Kier alpha value is -0.820. The minimum Gasteiger partial charge on any atom is -0.308 e. The van der Waals surface area contributed by atoms with E-state index in [1.807, 2.05) is 0 Å². The molecule has 1 aromatic carbocycles. The van der Waals surface area contributed by atoms with Crippen molar-refractivity contribution in [2.75, 3.05) is 0 Å². The fourth-order valence-corrected chi connectivity index (χ4v) is 2.93. The third-order valence-electron chi connectivity index (χ3n) is 4.37. The molecule has 1 rings (SSSR count). The molecule has 1 nitrogen and oxygen atoms in total. The molecule has 0 fully saturated rings. The third kappa shape index (κ3) is 5.28. The van der Waals surface area contributed by atoms with E-state index in [4.69, 9.17) is 0 Å². The summed E-state index contributed by atoms with van der Waals surface area (Å²) in [5.74, 6) is 0. The summed E-state index contributed by atoms with van der Waals surface area (Å²) in [7, 11) is 0. The lowest BCUT2D eigenvalue weighted by Gasteiger charge is -2.23. The zero-order valence-corrected chi connectivity index (χ0v) is 14.3. The molecule has 1 aromatic rings. The number of nitrogens with one attached hydrogen (secondary N) is 1. The minimum absolute atomic E-state index is 0.440. The number of rotatable bonds is 8. The largest absolute Gasteiger partial charge is 0.308 e. The van der Waals surface area contributed by atoms with Crippen LogP contribution in [0.1, 0.15) is 81.2 Å². The average molecular weight is 275 g/mol. The molecule has 0 amide bonds. The lowest BCUT2D eigenvalue weighted by atomic mass is 9.96. The van der Waals surface area contributed by atoms with Gasteiger partial charge >= 0.3 is 0 Å². The van der Waals surface area contributed by atoms with Gasteiger partial charge in [-0.3, -0.25) is 0 Å². The quantitative estimate of drug-likeness (QED) is 0.607. The van der Waals surface area contributed by atoms with Crippen molar-refractivity contribution in [1.82, 2.24) is 5.32 Å². The number of unbranched alkanes of at least 4 members (excludes halogenated alkanes) is 3. The van der Waals surface area contributed by atoms with Crippen LogP contribution in [0.3, 0.4) is 0 Å². The summed E-state index contributed by atoms with van der Waals surface area (Å²) < 4.78 is 0. The van der Waals surface area contributed by atoms with Crippen LogP contribution in [0.15, 0.2) is 12.1 Å². The first-order valence-electron chi connectivity index (χ1n) is 8.29. The second-order valence-corrected chi connectivity index (χ2v) is 6.43. The molecule has 0 heterocycles. The normalized spacial score (nSPS) is 14.3. The molecule has 0 aromatic heterocycles. The first kappa shape index (κ1) is 17.2. The van der Waals surface area contributed by atoms with Gasteiger partial charge in [-0.25, -0.2) is 0 Å². The van der Waals surface area contributed by atoms with E-state index in [9.17, 15) is 0 Å². The topological polar surface area (TPSA) is 12.0 Å². The van der Waals surface area contributed by atoms with Gasteiger partial charge in [-0.05, 0) is 63.3 Å². The van der Waals surface area contributed by atoms with Gasteiger partial charge in [-0.2, -0.15) is 0 Å². The van der Waals surface area contributed by atoms with E-state index < -0.39 is 0 Å². The predicted molar refractivity (Wildman–Crippen MR) is 90.4 cm³/mol. The molecule has 0 radical (unpaired) electrons. The summed E-state index contributed by atoms with van der Waals surface area (Å²) in [6.07, 6.45) is 6.70. The Kier molecular flexibility index (Phi) is 7.29. The SMILES string of the molecule is CCCCCCC(C)NC(C)c1cc(C)c(C)cc1C. The first-order chi connectivity index (χ1) is 9.45. The highest BCUT2D eigenvalue weighted by atomic mass is 14.9. The third-order valence-corrected chi connectivity index (χ3v) is 4.37. The number of hydrogen-bond donors (Lipinski definition) is 1. The van der Waals surface area contributed by atoms with Gasteiger partial charge < -0.3 is 5.32 Å². The molecule has 0 aliphatic rings. The number of hydrogen-bond acceptors (Lipinski definition) is 1. The van der Waals surface area contributed by atoms with Crippen LogP contribution in [0.25, 0.3) is 0 Å². The Morgan fingerprint density at radius 1 is 0.900 bits per heavy atom. The molecule has 0 spiro atoms. The molecular weight excluding hydrogens is 242 g/mol. The first-order valence-corrected chi connectivity index (χ1v) is 8.29. The summed E-state index contributed by atoms with van der Waals surface area (Å²) in [4.78, 5) is 0. The summed E-state index contributed by atoms with van der Waals surface area (Å²) in [6.45, 7) is 13.5. The van der Waals surface area contributed by atoms with Crippen LogP contribution in [-0.2, 0) is 0 Å². The van der Waals surface area contributed by atoms with Crippen LogP contribution in [-0.4, -0.2) is 6.04 Å². The van der Waals surface area contributed by atoms with Gasteiger partial charge in [0.1, 0.15) is 0 Å². The van der Waals surface area contributed by atoms with Crippen LogP contribution < -0.4 is 5.32 Å². The molecule has 2 atom stereocenters. The second-order valence-electron chi connectivity index (χ2n) is 6.43. The average Bonchev–Trinajstić information content (AvgIpc) is 2.38. The molecule has 114 valence electrons. The molecule has 20 heavy (non-hydrogen) atoms. The molecule has 1 N–H and O–H groups in total. The van der Waals surface area contributed by atoms with Crippen molar-refractivity contribution >= 4 is 0 Å². The van der Waals surface area contributed by atoms with E-state index >= 15 is 0 Å². The molecule has 0 saturated carbocycles. The molecule has 0 aliphatic heterocycles. The molecule has 1 heteroatoms. The van der Waals surface area contributed by atoms with E-state index in [0.717, 1.165) is 0 Å². The van der Waals surface area contributed by atoms with Crippen molar-refractivity contribution in [3.63, 3.8) is 0 Å². The van der Waals surface area contributed by atoms with Gasteiger partial charge in [0.25, 0.3) is 0 Å². The van der Waals surface area contributed by atoms with Crippen molar-refractivity contribution < 1.29 is 0 Å². The standard InChI is InChI=1S/C19H33N/c1-7-8-9-10-11-17(5)20-18(6)19-13-15(3)14(2)12-16(19)4/h12-13,17-18,20H,7-11H2,1-6H3. The van der Waals surface area contributed by atoms with Crippen LogP contribution >= 0.6 is 0 Å². The van der Waals surface area contributed by atoms with Gasteiger partial charge in [0.2, 0.25) is 0 Å². The Morgan fingerprint density at radius 2 is 1.55 bits per heavy atom. The minimum atomic E-state index is 0.440. The number of benzene rings is 1. The highest BCUT2D eigenvalue weighted by Gasteiger charge is 2.12. The summed E-state index contributed by atoms with van der Waals surface area (Å²) in [5.41, 5.74) is 5.65. The smallest absolute Gasteiger partial charge is 0.0296 e. The lowest BCUT2D eigenvalue weighted by Crippen LogP contribution is -2.29. The fraction of sp³-hybridized carbons (Fsp3) is 0.684. The van der Waals surface area contributed by atoms with Gasteiger partial charge in [-0.1, -0.05) is 44.7 Å². The summed E-state index contributed by atoms with van der Waals surface area (Å²) >= 11 is 0. The maximum atomic E-state index is 3.76. The maximum absolute atomic E-state index is 3.76. The molecule has 2 unspecified atom stereocenters. The van der Waals surface area contributed by atoms with E-state index in [0.29, 0.717) is 12.1 Å². The van der Waals surface area contributed by atoms with Crippen molar-refractivity contribution in [2.45, 2.75) is 85.7 Å². The lowest BCUT2D eigenvalue weighted by molar-refractivity contribution is 0.437. The highest BCUT2D eigenvalue weighted by Crippen LogP contribution is 2.22. The Balaban J connectivity index is 2.53. The van der Waals surface area contributed by atoms with Crippen LogP contribution in [0.2, 0.25) is 0 Å². The van der Waals surface area contributed by atoms with Gasteiger partial charge in [0.05, 0.1) is 0 Å². The van der Waals surface area contributed by atoms with Gasteiger partial charge in [0, 0.05) is 12.1 Å². The predicted octanol–water partition coefficient (Wildman–Crippen LogP) is 5.62. The van der Waals surface area contributed by atoms with Crippen molar-refractivity contribution in [2.24, 2.45) is 0 Å². The Morgan fingerprint density at radius 3 is 2.20 bits per heavy atom. The molecular formula is C19H33N. The molecule has 0 bridgehead atoms. The van der Waals surface area contributed by atoms with Crippen molar-refractivity contribution in [3.8, 4) is 0 Å². The molecule has 0 saturated heterocycles. The highest BCUT2D eigenvalue weighted by molar-refractivity contribution is 5.38. The Labute approximate surface area is 126 Å². The van der Waals surface area contributed by atoms with Crippen LogP contribution in [0.4, 0.5) is 0 Å². The fourth-order valence-electron chi connectivity index (χ4n) is 2.93. The molecule has 0 aliphatic carbocycles. The maximum Gasteiger partial charge on any atom is 0.0296 e. The summed E-state index contributed by atoms with van der Waals surface area (Å²) in [5, 5.41) is 3.76. The van der Waals surface area contributed by atoms with E-state index in [-0.39, 0.29) is 0 Å². The monoisotopic (exact) mass is 275 g/mol. The van der Waals surface area contributed by atoms with Crippen LogP contribution in [0.5, 0.6) is 0 Å². The van der Waals surface area contributed by atoms with Gasteiger partial charge in [0.15, 0.2) is 0 Å². The zero-order valence-electron chi connectivity index (χ0n) is 14.3. The zero-order chi connectivity index (χ0) is 15.1. The van der Waals surface area contributed by atoms with Crippen LogP contribution in [0, 0.1) is 20.8 Å².